The largest absolute Gasteiger partial charge is 0.493 e. The van der Waals surface area contributed by atoms with Crippen LogP contribution in [0.3, 0.4) is 0 Å². The van der Waals surface area contributed by atoms with Gasteiger partial charge in [-0.25, -0.2) is 17.8 Å². The van der Waals surface area contributed by atoms with Crippen molar-refractivity contribution < 1.29 is 31.9 Å². The molecule has 4 rings (SSSR count). The van der Waals surface area contributed by atoms with Gasteiger partial charge in [-0.2, -0.15) is 0 Å². The third kappa shape index (κ3) is 5.06. The molecule has 2 atom stereocenters. The minimum Gasteiger partial charge on any atom is -0.493 e. The van der Waals surface area contributed by atoms with Crippen LogP contribution in [-0.2, 0) is 25.9 Å². The number of hydrogen-bond acceptors (Lipinski definition) is 9. The molecule has 1 amide bonds. The van der Waals surface area contributed by atoms with Gasteiger partial charge in [-0.05, 0) is 37.5 Å². The first-order valence-corrected chi connectivity index (χ1v) is 12.5. The lowest BCUT2D eigenvalue weighted by molar-refractivity contribution is -0.135. The second-order valence-electron chi connectivity index (χ2n) is 8.17. The third-order valence-corrected chi connectivity index (χ3v) is 7.77. The number of rotatable bonds is 8. The normalized spacial score (nSPS) is 21.8. The molecule has 2 saturated heterocycles. The number of ether oxygens (including phenoxy) is 3. The Labute approximate surface area is 191 Å². The van der Waals surface area contributed by atoms with Crippen LogP contribution in [0, 0.1) is 0 Å². The second-order valence-corrected chi connectivity index (χ2v) is 10.4. The molecule has 0 radical (unpaired) electrons. The standard InChI is InChI=1S/C21H27N3O8S/c1-29-17-6-5-14(10-18(17)30-2)20-22-32-21(26)24(20)12-19(25)23(11-16-4-3-8-31-16)15-7-9-33(27,28)13-15/h5-6,10,15-16H,3-4,7-9,11-13H2,1-2H3. The van der Waals surface area contributed by atoms with Crippen LogP contribution >= 0.6 is 0 Å². The quantitative estimate of drug-likeness (QED) is 0.535. The zero-order chi connectivity index (χ0) is 23.6. The lowest BCUT2D eigenvalue weighted by Crippen LogP contribution is -2.47. The van der Waals surface area contributed by atoms with E-state index in [2.05, 4.69) is 5.16 Å². The molecule has 0 aliphatic carbocycles. The van der Waals surface area contributed by atoms with Crippen molar-refractivity contribution in [3.8, 4) is 22.9 Å². The highest BCUT2D eigenvalue weighted by atomic mass is 32.2. The van der Waals surface area contributed by atoms with Crippen molar-refractivity contribution >= 4 is 15.7 Å². The molecule has 2 aliphatic rings. The van der Waals surface area contributed by atoms with Crippen LogP contribution < -0.4 is 15.2 Å². The number of sulfone groups is 1. The van der Waals surface area contributed by atoms with Gasteiger partial charge < -0.3 is 19.1 Å². The molecule has 2 aromatic rings. The van der Waals surface area contributed by atoms with Crippen molar-refractivity contribution in [2.75, 3.05) is 38.9 Å². The maximum atomic E-state index is 13.4. The number of nitrogens with zero attached hydrogens (tertiary/aromatic N) is 3. The second kappa shape index (κ2) is 9.56. The Balaban J connectivity index is 1.61. The summed E-state index contributed by atoms with van der Waals surface area (Å²) in [6, 6.07) is 4.51. The molecule has 0 bridgehead atoms. The van der Waals surface area contributed by atoms with Gasteiger partial charge in [-0.1, -0.05) is 5.16 Å². The molecule has 2 fully saturated rings. The van der Waals surface area contributed by atoms with Crippen LogP contribution in [0.1, 0.15) is 19.3 Å². The van der Waals surface area contributed by atoms with E-state index >= 15 is 0 Å². The van der Waals surface area contributed by atoms with Crippen molar-refractivity contribution in [1.82, 2.24) is 14.6 Å². The number of carbonyl (C=O) groups is 1. The molecule has 2 unspecified atom stereocenters. The minimum absolute atomic E-state index is 0.0388. The Morgan fingerprint density at radius 2 is 2.03 bits per heavy atom. The lowest BCUT2D eigenvalue weighted by atomic mass is 10.1. The fourth-order valence-electron chi connectivity index (χ4n) is 4.30. The van der Waals surface area contributed by atoms with E-state index in [1.807, 2.05) is 0 Å². The number of carbonyl (C=O) groups excluding carboxylic acids is 1. The Kier molecular flexibility index (Phi) is 6.75. The fourth-order valence-corrected chi connectivity index (χ4v) is 6.03. The van der Waals surface area contributed by atoms with Gasteiger partial charge in [0.05, 0.1) is 31.8 Å². The van der Waals surface area contributed by atoms with Crippen LogP contribution in [0.4, 0.5) is 0 Å². The van der Waals surface area contributed by atoms with Gasteiger partial charge in [-0.3, -0.25) is 9.32 Å². The highest BCUT2D eigenvalue weighted by Crippen LogP contribution is 2.31. The molecule has 11 nitrogen and oxygen atoms in total. The highest BCUT2D eigenvalue weighted by molar-refractivity contribution is 7.91. The van der Waals surface area contributed by atoms with E-state index in [-0.39, 0.29) is 42.4 Å². The number of benzene rings is 1. The summed E-state index contributed by atoms with van der Waals surface area (Å²) >= 11 is 0. The zero-order valence-corrected chi connectivity index (χ0v) is 19.4. The van der Waals surface area contributed by atoms with Gasteiger partial charge in [0.15, 0.2) is 27.2 Å². The Morgan fingerprint density at radius 3 is 2.67 bits per heavy atom. The number of hydrogen-bond donors (Lipinski definition) is 0. The van der Waals surface area contributed by atoms with Crippen molar-refractivity contribution in [2.45, 2.75) is 38.0 Å². The SMILES string of the molecule is COc1ccc(-c2noc(=O)n2CC(=O)N(CC2CCCO2)C2CCS(=O)(=O)C2)cc1OC. The Morgan fingerprint density at radius 1 is 1.24 bits per heavy atom. The van der Waals surface area contributed by atoms with Gasteiger partial charge in [0.25, 0.3) is 0 Å². The summed E-state index contributed by atoms with van der Waals surface area (Å²) in [5, 5.41) is 3.84. The number of methoxy groups -OCH3 is 2. The minimum atomic E-state index is -3.20. The van der Waals surface area contributed by atoms with E-state index in [4.69, 9.17) is 18.7 Å². The van der Waals surface area contributed by atoms with Gasteiger partial charge in [0, 0.05) is 24.8 Å². The summed E-state index contributed by atoms with van der Waals surface area (Å²) in [6.07, 6.45) is 1.90. The van der Waals surface area contributed by atoms with E-state index in [0.29, 0.717) is 30.1 Å². The summed E-state index contributed by atoms with van der Waals surface area (Å²) in [5.41, 5.74) is 0.500. The van der Waals surface area contributed by atoms with Crippen LogP contribution in [0.15, 0.2) is 27.5 Å². The average molecular weight is 482 g/mol. The molecular weight excluding hydrogens is 454 g/mol. The van der Waals surface area contributed by atoms with Crippen molar-refractivity contribution in [3.05, 3.63) is 28.7 Å². The van der Waals surface area contributed by atoms with E-state index in [1.165, 1.54) is 14.2 Å². The van der Waals surface area contributed by atoms with Crippen LogP contribution in [0.25, 0.3) is 11.4 Å². The molecule has 2 aliphatic heterocycles. The van der Waals surface area contributed by atoms with Crippen molar-refractivity contribution in [1.29, 1.82) is 0 Å². The molecule has 0 N–H and O–H groups in total. The van der Waals surface area contributed by atoms with Gasteiger partial charge in [0.2, 0.25) is 5.91 Å². The molecule has 0 spiro atoms. The molecule has 3 heterocycles. The molecule has 33 heavy (non-hydrogen) atoms. The summed E-state index contributed by atoms with van der Waals surface area (Å²) < 4.78 is 46.3. The van der Waals surface area contributed by atoms with E-state index in [9.17, 15) is 18.0 Å². The summed E-state index contributed by atoms with van der Waals surface area (Å²) in [6.45, 7) is 0.560. The summed E-state index contributed by atoms with van der Waals surface area (Å²) in [4.78, 5) is 27.3. The summed E-state index contributed by atoms with van der Waals surface area (Å²) in [5.74, 6) is -0.141. The van der Waals surface area contributed by atoms with Gasteiger partial charge in [0.1, 0.15) is 6.54 Å². The number of aromatic nitrogens is 2. The van der Waals surface area contributed by atoms with Crippen LogP contribution in [0.5, 0.6) is 11.5 Å². The average Bonchev–Trinajstić information content (AvgIpc) is 3.52. The Bertz CT molecular complexity index is 1170. The topological polar surface area (TPSA) is 130 Å². The third-order valence-electron chi connectivity index (χ3n) is 6.02. The monoisotopic (exact) mass is 481 g/mol. The summed E-state index contributed by atoms with van der Waals surface area (Å²) in [7, 11) is -0.209. The Hall–Kier alpha value is -2.86. The molecule has 0 saturated carbocycles. The molecular formula is C21H27N3O8S. The maximum absolute atomic E-state index is 13.4. The van der Waals surface area contributed by atoms with Crippen molar-refractivity contribution in [2.24, 2.45) is 0 Å². The van der Waals surface area contributed by atoms with Crippen molar-refractivity contribution in [3.63, 3.8) is 0 Å². The molecule has 1 aromatic heterocycles. The van der Waals surface area contributed by atoms with E-state index in [1.54, 1.807) is 23.1 Å². The predicted molar refractivity (Wildman–Crippen MR) is 117 cm³/mol. The first kappa shape index (κ1) is 23.3. The lowest BCUT2D eigenvalue weighted by Gasteiger charge is -2.30. The van der Waals surface area contributed by atoms with Crippen LogP contribution in [-0.4, -0.2) is 80.0 Å². The van der Waals surface area contributed by atoms with Gasteiger partial charge in [-0.15, -0.1) is 0 Å². The smallest absolute Gasteiger partial charge is 0.442 e. The predicted octanol–water partition coefficient (Wildman–Crippen LogP) is 0.715. The highest BCUT2D eigenvalue weighted by Gasteiger charge is 2.37. The fraction of sp³-hybridized carbons (Fsp3) is 0.571. The first-order chi connectivity index (χ1) is 15.8. The molecule has 180 valence electrons. The number of amides is 1. The van der Waals surface area contributed by atoms with Crippen LogP contribution in [0.2, 0.25) is 0 Å². The van der Waals surface area contributed by atoms with E-state index in [0.717, 1.165) is 17.4 Å². The maximum Gasteiger partial charge on any atom is 0.442 e. The van der Waals surface area contributed by atoms with E-state index < -0.39 is 21.6 Å². The first-order valence-electron chi connectivity index (χ1n) is 10.7. The molecule has 1 aromatic carbocycles. The zero-order valence-electron chi connectivity index (χ0n) is 18.6. The van der Waals surface area contributed by atoms with Gasteiger partial charge >= 0.3 is 5.76 Å². The molecule has 12 heteroatoms.